The van der Waals surface area contributed by atoms with Crippen molar-refractivity contribution in [3.8, 4) is 0 Å². The molecule has 1 aliphatic heterocycles. The van der Waals surface area contributed by atoms with E-state index in [1.807, 2.05) is 20.0 Å². The summed E-state index contributed by atoms with van der Waals surface area (Å²) in [5.74, 6) is 0.676. The topological polar surface area (TPSA) is 81.9 Å². The van der Waals surface area contributed by atoms with E-state index in [-0.39, 0.29) is 12.2 Å². The van der Waals surface area contributed by atoms with Gasteiger partial charge < -0.3 is 9.64 Å². The Morgan fingerprint density at radius 1 is 1.04 bits per heavy atom. The van der Waals surface area contributed by atoms with Crippen LogP contribution >= 0.6 is 0 Å². The average Bonchev–Trinajstić information content (AvgIpc) is 3.38. The lowest BCUT2D eigenvalue weighted by Crippen LogP contribution is -2.43. The molecular weight excluding hydrogens is 342 g/mol. The first kappa shape index (κ1) is 16.6. The van der Waals surface area contributed by atoms with Gasteiger partial charge in [-0.25, -0.2) is 15.0 Å². The number of aryl methyl sites for hydroxylation is 2. The predicted molar refractivity (Wildman–Crippen MR) is 101 cm³/mol. The molecule has 1 saturated heterocycles. The Hall–Kier alpha value is -2.61. The molecule has 8 nitrogen and oxygen atoms in total. The van der Waals surface area contributed by atoms with Crippen molar-refractivity contribution in [2.45, 2.75) is 51.9 Å². The van der Waals surface area contributed by atoms with Gasteiger partial charge in [0.25, 0.3) is 0 Å². The minimum absolute atomic E-state index is 0.0358. The highest BCUT2D eigenvalue weighted by Crippen LogP contribution is 2.35. The molecule has 1 unspecified atom stereocenters. The van der Waals surface area contributed by atoms with Crippen molar-refractivity contribution in [3.63, 3.8) is 0 Å². The quantitative estimate of drug-likeness (QED) is 0.705. The summed E-state index contributed by atoms with van der Waals surface area (Å²) in [5.41, 5.74) is 4.29. The number of rotatable bonds is 3. The van der Waals surface area contributed by atoms with Crippen molar-refractivity contribution in [2.24, 2.45) is 0 Å². The lowest BCUT2D eigenvalue weighted by molar-refractivity contribution is -0.0178. The van der Waals surface area contributed by atoms with E-state index in [0.717, 1.165) is 29.0 Å². The van der Waals surface area contributed by atoms with Crippen LogP contribution in [0.3, 0.4) is 0 Å². The summed E-state index contributed by atoms with van der Waals surface area (Å²) in [6.45, 7) is 7.43. The van der Waals surface area contributed by atoms with E-state index in [9.17, 15) is 0 Å². The van der Waals surface area contributed by atoms with Gasteiger partial charge in [0.2, 0.25) is 5.95 Å². The molecule has 5 rings (SSSR count). The average molecular weight is 365 g/mol. The highest BCUT2D eigenvalue weighted by Gasteiger charge is 2.31. The highest BCUT2D eigenvalue weighted by molar-refractivity contribution is 5.70. The second kappa shape index (κ2) is 6.23. The third kappa shape index (κ3) is 3.14. The van der Waals surface area contributed by atoms with Gasteiger partial charge in [-0.2, -0.15) is 10.1 Å². The standard InChI is InChI=1S/C19H23N7O/c1-11-8-25(10-17(27-11)14-6-21-26(9-14)15-4-5-15)19-20-7-16-18(24-19)23-13(3)12(2)22-16/h6-7,9,11,15,17H,4-5,8,10H2,1-3H3/t11-,17?/m1/s1. The van der Waals surface area contributed by atoms with Crippen LogP contribution in [0.15, 0.2) is 18.6 Å². The van der Waals surface area contributed by atoms with Crippen molar-refractivity contribution in [3.05, 3.63) is 35.5 Å². The number of anilines is 1. The van der Waals surface area contributed by atoms with E-state index >= 15 is 0 Å². The van der Waals surface area contributed by atoms with Gasteiger partial charge in [0, 0.05) is 18.3 Å². The number of aromatic nitrogens is 6. The number of hydrogen-bond donors (Lipinski definition) is 0. The third-order valence-corrected chi connectivity index (χ3v) is 5.28. The molecule has 1 aliphatic carbocycles. The number of nitrogens with zero attached hydrogens (tertiary/aromatic N) is 7. The van der Waals surface area contributed by atoms with Crippen LogP contribution in [0.25, 0.3) is 11.2 Å². The van der Waals surface area contributed by atoms with E-state index in [1.165, 1.54) is 12.8 Å². The maximum Gasteiger partial charge on any atom is 0.227 e. The molecule has 0 bridgehead atoms. The Balaban J connectivity index is 1.43. The van der Waals surface area contributed by atoms with Gasteiger partial charge in [0.1, 0.15) is 11.6 Å². The monoisotopic (exact) mass is 365 g/mol. The molecule has 0 amide bonds. The van der Waals surface area contributed by atoms with Crippen LogP contribution in [-0.2, 0) is 4.74 Å². The van der Waals surface area contributed by atoms with Crippen LogP contribution in [0, 0.1) is 13.8 Å². The smallest absolute Gasteiger partial charge is 0.227 e. The second-order valence-electron chi connectivity index (χ2n) is 7.60. The second-order valence-corrected chi connectivity index (χ2v) is 7.60. The molecule has 0 N–H and O–H groups in total. The van der Waals surface area contributed by atoms with Crippen molar-refractivity contribution >= 4 is 17.1 Å². The number of fused-ring (bicyclic) bond motifs is 1. The van der Waals surface area contributed by atoms with Gasteiger partial charge in [-0.15, -0.1) is 0 Å². The number of ether oxygens (including phenoxy) is 1. The summed E-state index contributed by atoms with van der Waals surface area (Å²) >= 11 is 0. The Labute approximate surface area is 157 Å². The third-order valence-electron chi connectivity index (χ3n) is 5.28. The van der Waals surface area contributed by atoms with Gasteiger partial charge in [-0.1, -0.05) is 0 Å². The van der Waals surface area contributed by atoms with Crippen LogP contribution in [0.4, 0.5) is 5.95 Å². The number of morpholine rings is 1. The van der Waals surface area contributed by atoms with Crippen LogP contribution in [0.2, 0.25) is 0 Å². The zero-order chi connectivity index (χ0) is 18.5. The zero-order valence-corrected chi connectivity index (χ0v) is 15.8. The fraction of sp³-hybridized carbons (Fsp3) is 0.526. The predicted octanol–water partition coefficient (Wildman–Crippen LogP) is 2.53. The molecule has 140 valence electrons. The van der Waals surface area contributed by atoms with Gasteiger partial charge in [-0.3, -0.25) is 4.68 Å². The molecule has 2 fully saturated rings. The fourth-order valence-electron chi connectivity index (χ4n) is 3.53. The molecule has 2 aliphatic rings. The zero-order valence-electron chi connectivity index (χ0n) is 15.8. The van der Waals surface area contributed by atoms with E-state index in [2.05, 4.69) is 47.7 Å². The molecule has 1 saturated carbocycles. The van der Waals surface area contributed by atoms with Gasteiger partial charge in [-0.05, 0) is 33.6 Å². The molecule has 2 atom stereocenters. The minimum Gasteiger partial charge on any atom is -0.367 e. The minimum atomic E-state index is -0.0358. The highest BCUT2D eigenvalue weighted by atomic mass is 16.5. The summed E-state index contributed by atoms with van der Waals surface area (Å²) in [4.78, 5) is 20.5. The number of hydrogen-bond acceptors (Lipinski definition) is 7. The van der Waals surface area contributed by atoms with Crippen molar-refractivity contribution in [2.75, 3.05) is 18.0 Å². The summed E-state index contributed by atoms with van der Waals surface area (Å²) in [7, 11) is 0. The van der Waals surface area contributed by atoms with E-state index in [1.54, 1.807) is 6.20 Å². The molecule has 27 heavy (non-hydrogen) atoms. The van der Waals surface area contributed by atoms with Gasteiger partial charge >= 0.3 is 0 Å². The summed E-state index contributed by atoms with van der Waals surface area (Å²) < 4.78 is 8.25. The summed E-state index contributed by atoms with van der Waals surface area (Å²) in [6.07, 6.45) is 8.30. The molecule has 0 radical (unpaired) electrons. The normalized spacial score (nSPS) is 23.1. The first-order valence-corrected chi connectivity index (χ1v) is 9.49. The van der Waals surface area contributed by atoms with Crippen LogP contribution in [0.1, 0.15) is 48.9 Å². The van der Waals surface area contributed by atoms with Crippen LogP contribution < -0.4 is 4.90 Å². The van der Waals surface area contributed by atoms with E-state index < -0.39 is 0 Å². The lowest BCUT2D eigenvalue weighted by Gasteiger charge is -2.36. The SMILES string of the molecule is Cc1nc2cnc(N3CC(c4cnn(C5CC5)c4)O[C@H](C)C3)nc2nc1C. The fourth-order valence-corrected chi connectivity index (χ4v) is 3.53. The lowest BCUT2D eigenvalue weighted by atomic mass is 10.1. The van der Waals surface area contributed by atoms with E-state index in [4.69, 9.17) is 4.74 Å². The maximum absolute atomic E-state index is 6.18. The first-order chi connectivity index (χ1) is 13.1. The van der Waals surface area contributed by atoms with Crippen molar-refractivity contribution in [1.29, 1.82) is 0 Å². The Morgan fingerprint density at radius 2 is 1.85 bits per heavy atom. The van der Waals surface area contributed by atoms with Gasteiger partial charge in [0.15, 0.2) is 5.65 Å². The molecule has 3 aromatic heterocycles. The van der Waals surface area contributed by atoms with Crippen molar-refractivity contribution < 1.29 is 4.74 Å². The molecule has 8 heteroatoms. The molecule has 3 aromatic rings. The first-order valence-electron chi connectivity index (χ1n) is 9.49. The molecular formula is C19H23N7O. The maximum atomic E-state index is 6.18. The van der Waals surface area contributed by atoms with E-state index in [0.29, 0.717) is 24.2 Å². The Morgan fingerprint density at radius 3 is 2.67 bits per heavy atom. The van der Waals surface area contributed by atoms with Crippen LogP contribution in [0.5, 0.6) is 0 Å². The van der Waals surface area contributed by atoms with Gasteiger partial charge in [0.05, 0.1) is 42.5 Å². The van der Waals surface area contributed by atoms with Crippen LogP contribution in [-0.4, -0.2) is 48.9 Å². The van der Waals surface area contributed by atoms with Crippen molar-refractivity contribution in [1.82, 2.24) is 29.7 Å². The summed E-state index contributed by atoms with van der Waals surface area (Å²) in [5, 5.41) is 4.50. The Kier molecular flexibility index (Phi) is 3.82. The largest absolute Gasteiger partial charge is 0.367 e. The Bertz CT molecular complexity index is 997. The summed E-state index contributed by atoms with van der Waals surface area (Å²) in [6, 6.07) is 0.574. The molecule has 0 aromatic carbocycles. The molecule has 4 heterocycles. The molecule has 0 spiro atoms.